The Balaban J connectivity index is 1.95. The van der Waals surface area contributed by atoms with Crippen molar-refractivity contribution in [3.8, 4) is 0 Å². The van der Waals surface area contributed by atoms with E-state index in [1.165, 1.54) is 25.7 Å². The summed E-state index contributed by atoms with van der Waals surface area (Å²) < 4.78 is 0. The molecular formula is C20H32O. The lowest BCUT2D eigenvalue weighted by molar-refractivity contribution is -0.120. The average Bonchev–Trinajstić information content (AvgIpc) is 2.43. The van der Waals surface area contributed by atoms with Crippen molar-refractivity contribution < 1.29 is 5.11 Å². The highest BCUT2D eigenvalue weighted by molar-refractivity contribution is 5.25. The maximum absolute atomic E-state index is 10.5. The Morgan fingerprint density at radius 2 is 1.90 bits per heavy atom. The van der Waals surface area contributed by atoms with Crippen molar-refractivity contribution in [2.75, 3.05) is 0 Å². The Labute approximate surface area is 130 Å². The van der Waals surface area contributed by atoms with Crippen LogP contribution in [0.3, 0.4) is 0 Å². The van der Waals surface area contributed by atoms with E-state index in [0.29, 0.717) is 16.7 Å². The van der Waals surface area contributed by atoms with Gasteiger partial charge in [0.2, 0.25) is 0 Å². The molecule has 0 radical (unpaired) electrons. The molecule has 118 valence electrons. The largest absolute Gasteiger partial charge is 0.393 e. The summed E-state index contributed by atoms with van der Waals surface area (Å²) in [5.41, 5.74) is 2.42. The smallest absolute Gasteiger partial charge is 0.0594 e. The van der Waals surface area contributed by atoms with Crippen LogP contribution in [0.25, 0.3) is 0 Å². The molecule has 21 heavy (non-hydrogen) atoms. The summed E-state index contributed by atoms with van der Waals surface area (Å²) in [5, 5.41) is 10.5. The third-order valence-corrected chi connectivity index (χ3v) is 7.47. The number of aliphatic hydroxyl groups is 1. The number of hydrogen-bond donors (Lipinski definition) is 1. The molecule has 2 saturated carbocycles. The topological polar surface area (TPSA) is 20.2 Å². The summed E-state index contributed by atoms with van der Waals surface area (Å²) in [4.78, 5) is 0. The van der Waals surface area contributed by atoms with Gasteiger partial charge in [-0.2, -0.15) is 0 Å². The Morgan fingerprint density at radius 3 is 2.57 bits per heavy atom. The van der Waals surface area contributed by atoms with Crippen molar-refractivity contribution in [3.05, 3.63) is 24.3 Å². The van der Waals surface area contributed by atoms with E-state index >= 15 is 0 Å². The van der Waals surface area contributed by atoms with E-state index in [4.69, 9.17) is 0 Å². The second kappa shape index (κ2) is 4.72. The van der Waals surface area contributed by atoms with Crippen molar-refractivity contribution in [1.29, 1.82) is 0 Å². The molecule has 3 rings (SSSR count). The van der Waals surface area contributed by atoms with Crippen molar-refractivity contribution >= 4 is 0 Å². The van der Waals surface area contributed by atoms with E-state index in [-0.39, 0.29) is 11.5 Å². The third kappa shape index (κ3) is 2.15. The predicted octanol–water partition coefficient (Wildman–Crippen LogP) is 5.11. The van der Waals surface area contributed by atoms with Gasteiger partial charge in [-0.1, -0.05) is 45.4 Å². The van der Waals surface area contributed by atoms with Gasteiger partial charge in [-0.25, -0.2) is 0 Å². The van der Waals surface area contributed by atoms with Crippen LogP contribution in [0.5, 0.6) is 0 Å². The molecule has 3 aliphatic carbocycles. The van der Waals surface area contributed by atoms with Gasteiger partial charge in [-0.15, -0.1) is 6.58 Å². The fourth-order valence-corrected chi connectivity index (χ4v) is 5.81. The van der Waals surface area contributed by atoms with Crippen LogP contribution in [-0.4, -0.2) is 11.2 Å². The summed E-state index contributed by atoms with van der Waals surface area (Å²) in [7, 11) is 0. The van der Waals surface area contributed by atoms with Gasteiger partial charge in [-0.05, 0) is 66.6 Å². The van der Waals surface area contributed by atoms with E-state index in [9.17, 15) is 5.11 Å². The van der Waals surface area contributed by atoms with Gasteiger partial charge in [0.05, 0.1) is 6.10 Å². The summed E-state index contributed by atoms with van der Waals surface area (Å²) >= 11 is 0. The molecule has 0 unspecified atom stereocenters. The van der Waals surface area contributed by atoms with Crippen LogP contribution in [0.2, 0.25) is 0 Å². The molecular weight excluding hydrogens is 256 g/mol. The van der Waals surface area contributed by atoms with Gasteiger partial charge < -0.3 is 5.11 Å². The lowest BCUT2D eigenvalue weighted by atomic mass is 9.45. The lowest BCUT2D eigenvalue weighted by Gasteiger charge is -2.60. The Hall–Kier alpha value is -0.560. The first kappa shape index (κ1) is 15.3. The van der Waals surface area contributed by atoms with Gasteiger partial charge in [0.1, 0.15) is 0 Å². The van der Waals surface area contributed by atoms with Gasteiger partial charge in [0.25, 0.3) is 0 Å². The molecule has 0 heterocycles. The van der Waals surface area contributed by atoms with Crippen LogP contribution < -0.4 is 0 Å². The van der Waals surface area contributed by atoms with Crippen LogP contribution in [0.4, 0.5) is 0 Å². The summed E-state index contributed by atoms with van der Waals surface area (Å²) in [6.07, 6.45) is 11.7. The number of hydrogen-bond acceptors (Lipinski definition) is 1. The van der Waals surface area contributed by atoms with E-state index in [1.54, 1.807) is 5.57 Å². The van der Waals surface area contributed by atoms with Crippen LogP contribution in [0.1, 0.15) is 66.2 Å². The fraction of sp³-hybridized carbons (Fsp3) is 0.800. The van der Waals surface area contributed by atoms with Gasteiger partial charge >= 0.3 is 0 Å². The number of allylic oxidation sites excluding steroid dienone is 3. The second-order valence-corrected chi connectivity index (χ2v) is 9.08. The lowest BCUT2D eigenvalue weighted by Crippen LogP contribution is -2.55. The van der Waals surface area contributed by atoms with Gasteiger partial charge in [0, 0.05) is 0 Å². The van der Waals surface area contributed by atoms with Crippen LogP contribution >= 0.6 is 0 Å². The molecule has 0 bridgehead atoms. The maximum Gasteiger partial charge on any atom is 0.0594 e. The van der Waals surface area contributed by atoms with Crippen LogP contribution in [-0.2, 0) is 0 Å². The van der Waals surface area contributed by atoms with Crippen molar-refractivity contribution in [3.63, 3.8) is 0 Å². The Morgan fingerprint density at radius 1 is 1.19 bits per heavy atom. The molecule has 0 aromatic rings. The van der Waals surface area contributed by atoms with Crippen molar-refractivity contribution in [1.82, 2.24) is 0 Å². The maximum atomic E-state index is 10.5. The minimum Gasteiger partial charge on any atom is -0.393 e. The van der Waals surface area contributed by atoms with Crippen LogP contribution in [0.15, 0.2) is 24.3 Å². The SMILES string of the molecule is C=C[C@]1(C)CC[C@H]2C(=CC[C@H]3C(C)(C)[C@@H](O)CC[C@]23C)C1. The second-order valence-electron chi connectivity index (χ2n) is 9.08. The number of fused-ring (bicyclic) bond motifs is 3. The van der Waals surface area contributed by atoms with E-state index in [1.807, 2.05) is 0 Å². The first-order valence-electron chi connectivity index (χ1n) is 8.73. The third-order valence-electron chi connectivity index (χ3n) is 7.47. The molecule has 0 amide bonds. The monoisotopic (exact) mass is 288 g/mol. The first-order chi connectivity index (χ1) is 9.73. The van der Waals surface area contributed by atoms with Crippen molar-refractivity contribution in [2.45, 2.75) is 72.3 Å². The molecule has 1 N–H and O–H groups in total. The molecule has 0 aliphatic heterocycles. The minimum atomic E-state index is -0.132. The highest BCUT2D eigenvalue weighted by Gasteiger charge is 2.56. The molecule has 0 spiro atoms. The predicted molar refractivity (Wildman–Crippen MR) is 89.0 cm³/mol. The molecule has 0 aromatic carbocycles. The molecule has 3 aliphatic rings. The molecule has 2 fully saturated rings. The zero-order valence-electron chi connectivity index (χ0n) is 14.3. The molecule has 0 aromatic heterocycles. The van der Waals surface area contributed by atoms with Gasteiger partial charge in [-0.3, -0.25) is 0 Å². The van der Waals surface area contributed by atoms with Crippen LogP contribution in [0, 0.1) is 28.1 Å². The summed E-state index contributed by atoms with van der Waals surface area (Å²) in [6, 6.07) is 0. The normalized spacial score (nSPS) is 48.8. The number of aliphatic hydroxyl groups excluding tert-OH is 1. The summed E-state index contributed by atoms with van der Waals surface area (Å²) in [5.74, 6) is 1.35. The van der Waals surface area contributed by atoms with E-state index < -0.39 is 0 Å². The minimum absolute atomic E-state index is 0.0498. The molecule has 1 heteroatoms. The van der Waals surface area contributed by atoms with Gasteiger partial charge in [0.15, 0.2) is 0 Å². The fourth-order valence-electron chi connectivity index (χ4n) is 5.81. The quantitative estimate of drug-likeness (QED) is 0.665. The Bertz CT molecular complexity index is 474. The standard InChI is InChI=1S/C20H32O/c1-6-19(4)11-9-15-14(13-19)7-8-16-18(2,3)17(21)10-12-20(15,16)5/h6-7,15-17,21H,1,8-13H2,2-5H3/t15-,16-,17-,19+,20+/m0/s1. The van der Waals surface area contributed by atoms with E-state index in [2.05, 4.69) is 46.4 Å². The Kier molecular flexibility index (Phi) is 3.44. The molecule has 0 saturated heterocycles. The highest BCUT2D eigenvalue weighted by Crippen LogP contribution is 2.63. The zero-order valence-corrected chi connectivity index (χ0v) is 14.3. The molecule has 5 atom stereocenters. The van der Waals surface area contributed by atoms with Crippen molar-refractivity contribution in [2.24, 2.45) is 28.1 Å². The zero-order chi connectivity index (χ0) is 15.5. The number of rotatable bonds is 1. The van der Waals surface area contributed by atoms with E-state index in [0.717, 1.165) is 18.8 Å². The molecule has 1 nitrogen and oxygen atoms in total. The highest BCUT2D eigenvalue weighted by atomic mass is 16.3. The first-order valence-corrected chi connectivity index (χ1v) is 8.73. The average molecular weight is 288 g/mol. The summed E-state index contributed by atoms with van der Waals surface area (Å²) in [6.45, 7) is 13.5.